The number of ether oxygens (including phenoxy) is 1. The van der Waals surface area contributed by atoms with E-state index in [9.17, 15) is 0 Å². The Bertz CT molecular complexity index is 563. The molecule has 1 aromatic rings. The fraction of sp³-hybridized carbons (Fsp3) is 0.765. The fourth-order valence-electron chi connectivity index (χ4n) is 3.17. The van der Waals surface area contributed by atoms with Crippen molar-refractivity contribution in [2.45, 2.75) is 77.2 Å². The molecule has 3 unspecified atom stereocenters. The second-order valence-corrected chi connectivity index (χ2v) is 8.31. The van der Waals surface area contributed by atoms with Crippen LogP contribution in [0.4, 0.5) is 0 Å². The summed E-state index contributed by atoms with van der Waals surface area (Å²) < 4.78 is 5.91. The zero-order valence-electron chi connectivity index (χ0n) is 14.6. The molecule has 2 aliphatic rings. The summed E-state index contributed by atoms with van der Waals surface area (Å²) >= 11 is 1.72. The van der Waals surface area contributed by atoms with Crippen molar-refractivity contribution in [1.82, 2.24) is 15.6 Å². The van der Waals surface area contributed by atoms with Crippen LogP contribution in [-0.2, 0) is 16.7 Å². The maximum atomic E-state index is 5.91. The van der Waals surface area contributed by atoms with E-state index < -0.39 is 0 Å². The second kappa shape index (κ2) is 6.77. The van der Waals surface area contributed by atoms with E-state index in [1.807, 2.05) is 0 Å². The van der Waals surface area contributed by atoms with Crippen LogP contribution in [0.1, 0.15) is 57.7 Å². The van der Waals surface area contributed by atoms with Crippen LogP contribution >= 0.6 is 11.3 Å². The summed E-state index contributed by atoms with van der Waals surface area (Å²) in [4.78, 5) is 9.42. The highest BCUT2D eigenvalue weighted by Gasteiger charge is 2.41. The monoisotopic (exact) mass is 336 g/mol. The number of nitrogens with one attached hydrogen (secondary N) is 2. The first-order valence-corrected chi connectivity index (χ1v) is 9.49. The van der Waals surface area contributed by atoms with Gasteiger partial charge in [-0.15, -0.1) is 11.3 Å². The molecule has 0 amide bonds. The van der Waals surface area contributed by atoms with Gasteiger partial charge in [-0.3, -0.25) is 0 Å². The number of thiazole rings is 1. The van der Waals surface area contributed by atoms with Gasteiger partial charge in [-0.2, -0.15) is 0 Å². The molecule has 5 nitrogen and oxygen atoms in total. The van der Waals surface area contributed by atoms with E-state index in [1.54, 1.807) is 11.3 Å². The number of hydrogen-bond acceptors (Lipinski definition) is 4. The first-order valence-electron chi connectivity index (χ1n) is 8.61. The number of hydrogen-bond donors (Lipinski definition) is 2. The van der Waals surface area contributed by atoms with E-state index in [2.05, 4.69) is 43.7 Å². The van der Waals surface area contributed by atoms with Crippen molar-refractivity contribution in [2.75, 3.05) is 6.54 Å². The maximum absolute atomic E-state index is 5.91. The zero-order valence-corrected chi connectivity index (χ0v) is 15.4. The molecule has 3 heterocycles. The quantitative estimate of drug-likeness (QED) is 0.656. The van der Waals surface area contributed by atoms with Crippen molar-refractivity contribution in [2.24, 2.45) is 4.99 Å². The zero-order chi connectivity index (χ0) is 16.4. The SMILES string of the molecule is CCNC(=NCc1csc(C(C)(C)C)n1)NC1CC2CCC1O2. The highest BCUT2D eigenvalue weighted by Crippen LogP contribution is 2.34. The Morgan fingerprint density at radius 1 is 1.43 bits per heavy atom. The molecule has 6 heteroatoms. The normalized spacial score (nSPS) is 27.5. The molecule has 3 rings (SSSR count). The molecule has 0 aromatic carbocycles. The summed E-state index contributed by atoms with van der Waals surface area (Å²) in [5, 5.41) is 10.2. The van der Waals surface area contributed by atoms with Crippen molar-refractivity contribution in [1.29, 1.82) is 0 Å². The maximum Gasteiger partial charge on any atom is 0.191 e. The Kier molecular flexibility index (Phi) is 4.92. The first-order chi connectivity index (χ1) is 11.0. The average Bonchev–Trinajstić information content (AvgIpc) is 3.20. The van der Waals surface area contributed by atoms with Crippen LogP contribution in [0, 0.1) is 0 Å². The standard InChI is InChI=1S/C17H28N4OS/c1-5-18-16(21-13-8-12-6-7-14(13)22-12)19-9-11-10-23-15(20-11)17(2,3)4/h10,12-14H,5-9H2,1-4H3,(H2,18,19,21). The molecule has 0 saturated carbocycles. The van der Waals surface area contributed by atoms with Gasteiger partial charge in [0.2, 0.25) is 0 Å². The molecule has 0 aliphatic carbocycles. The summed E-state index contributed by atoms with van der Waals surface area (Å²) in [6.07, 6.45) is 4.29. The molecular formula is C17H28N4OS. The lowest BCUT2D eigenvalue weighted by Crippen LogP contribution is -2.47. The van der Waals surface area contributed by atoms with Crippen molar-refractivity contribution < 1.29 is 4.74 Å². The van der Waals surface area contributed by atoms with E-state index in [0.29, 0.717) is 24.8 Å². The Labute approximate surface area is 142 Å². The molecule has 1 aromatic heterocycles. The fourth-order valence-corrected chi connectivity index (χ4v) is 4.07. The van der Waals surface area contributed by atoms with E-state index >= 15 is 0 Å². The largest absolute Gasteiger partial charge is 0.373 e. The van der Waals surface area contributed by atoms with Crippen LogP contribution in [0.25, 0.3) is 0 Å². The van der Waals surface area contributed by atoms with Gasteiger partial charge in [0.05, 0.1) is 35.5 Å². The lowest BCUT2D eigenvalue weighted by atomic mass is 9.96. The Hall–Kier alpha value is -1.14. The Balaban J connectivity index is 1.61. The van der Waals surface area contributed by atoms with Crippen LogP contribution in [-0.4, -0.2) is 35.7 Å². The summed E-state index contributed by atoms with van der Waals surface area (Å²) in [5.74, 6) is 0.874. The van der Waals surface area contributed by atoms with E-state index in [-0.39, 0.29) is 5.41 Å². The van der Waals surface area contributed by atoms with Gasteiger partial charge in [0, 0.05) is 17.3 Å². The van der Waals surface area contributed by atoms with Gasteiger partial charge in [-0.05, 0) is 26.2 Å². The highest BCUT2D eigenvalue weighted by atomic mass is 32.1. The molecule has 23 heavy (non-hydrogen) atoms. The molecule has 2 N–H and O–H groups in total. The van der Waals surface area contributed by atoms with Gasteiger partial charge in [0.1, 0.15) is 0 Å². The average molecular weight is 337 g/mol. The predicted octanol–water partition coefficient (Wildman–Crippen LogP) is 2.82. The van der Waals surface area contributed by atoms with Gasteiger partial charge in [0.25, 0.3) is 0 Å². The smallest absolute Gasteiger partial charge is 0.191 e. The minimum atomic E-state index is 0.107. The van der Waals surface area contributed by atoms with Crippen LogP contribution in [0.15, 0.2) is 10.4 Å². The van der Waals surface area contributed by atoms with Crippen molar-refractivity contribution in [3.8, 4) is 0 Å². The molecule has 2 bridgehead atoms. The minimum Gasteiger partial charge on any atom is -0.373 e. The number of aromatic nitrogens is 1. The molecule has 128 valence electrons. The van der Waals surface area contributed by atoms with Crippen LogP contribution < -0.4 is 10.6 Å². The number of rotatable bonds is 4. The third kappa shape index (κ3) is 4.04. The Morgan fingerprint density at radius 2 is 2.26 bits per heavy atom. The summed E-state index contributed by atoms with van der Waals surface area (Å²) in [7, 11) is 0. The van der Waals surface area contributed by atoms with E-state index in [0.717, 1.165) is 24.6 Å². The predicted molar refractivity (Wildman–Crippen MR) is 95.1 cm³/mol. The van der Waals surface area contributed by atoms with Crippen molar-refractivity contribution >= 4 is 17.3 Å². The summed E-state index contributed by atoms with van der Waals surface area (Å²) in [6.45, 7) is 10.1. The molecule has 0 radical (unpaired) electrons. The molecular weight excluding hydrogens is 308 g/mol. The minimum absolute atomic E-state index is 0.107. The number of nitrogens with zero attached hydrogens (tertiary/aromatic N) is 2. The van der Waals surface area contributed by atoms with Crippen LogP contribution in [0.5, 0.6) is 0 Å². The van der Waals surface area contributed by atoms with Crippen LogP contribution in [0.3, 0.4) is 0 Å². The van der Waals surface area contributed by atoms with Crippen LogP contribution in [0.2, 0.25) is 0 Å². The van der Waals surface area contributed by atoms with Gasteiger partial charge >= 0.3 is 0 Å². The first kappa shape index (κ1) is 16.7. The highest BCUT2D eigenvalue weighted by molar-refractivity contribution is 7.09. The van der Waals surface area contributed by atoms with Gasteiger partial charge in [0.15, 0.2) is 5.96 Å². The Morgan fingerprint density at radius 3 is 2.83 bits per heavy atom. The molecule has 0 spiro atoms. The molecule has 2 fully saturated rings. The number of guanidine groups is 1. The molecule has 2 aliphatic heterocycles. The lowest BCUT2D eigenvalue weighted by molar-refractivity contribution is 0.0992. The second-order valence-electron chi connectivity index (χ2n) is 7.45. The third-order valence-electron chi connectivity index (χ3n) is 4.36. The van der Waals surface area contributed by atoms with E-state index in [4.69, 9.17) is 14.7 Å². The van der Waals surface area contributed by atoms with Gasteiger partial charge < -0.3 is 15.4 Å². The number of aliphatic imine (C=N–C) groups is 1. The summed E-state index contributed by atoms with van der Waals surface area (Å²) in [5.41, 5.74) is 1.15. The van der Waals surface area contributed by atoms with Gasteiger partial charge in [-0.1, -0.05) is 20.8 Å². The third-order valence-corrected chi connectivity index (χ3v) is 5.68. The van der Waals surface area contributed by atoms with E-state index in [1.165, 1.54) is 17.8 Å². The van der Waals surface area contributed by atoms with Gasteiger partial charge in [-0.25, -0.2) is 9.98 Å². The van der Waals surface area contributed by atoms with Crippen molar-refractivity contribution in [3.63, 3.8) is 0 Å². The number of fused-ring (bicyclic) bond motifs is 2. The summed E-state index contributed by atoms with van der Waals surface area (Å²) in [6, 6.07) is 0.395. The van der Waals surface area contributed by atoms with Crippen molar-refractivity contribution in [3.05, 3.63) is 16.1 Å². The molecule has 3 atom stereocenters. The molecule has 2 saturated heterocycles. The lowest BCUT2D eigenvalue weighted by Gasteiger charge is -2.22. The topological polar surface area (TPSA) is 58.5 Å².